The first-order valence-corrected chi connectivity index (χ1v) is 6.93. The summed E-state index contributed by atoms with van der Waals surface area (Å²) >= 11 is 0. The van der Waals surface area contributed by atoms with Crippen LogP contribution in [0.5, 0.6) is 11.5 Å². The lowest BCUT2D eigenvalue weighted by Gasteiger charge is -2.25. The smallest absolute Gasteiger partial charge is 0.126 e. The van der Waals surface area contributed by atoms with Crippen molar-refractivity contribution in [2.45, 2.75) is 44.9 Å². The number of hydrogen-bond acceptors (Lipinski definition) is 3. The van der Waals surface area contributed by atoms with Gasteiger partial charge in [0.1, 0.15) is 17.8 Å². The molecule has 2 rings (SSSR count). The van der Waals surface area contributed by atoms with Gasteiger partial charge in [0.25, 0.3) is 0 Å². The summed E-state index contributed by atoms with van der Waals surface area (Å²) in [7, 11) is 3.43. The zero-order valence-corrected chi connectivity index (χ0v) is 12.0. The van der Waals surface area contributed by atoms with E-state index in [1.807, 2.05) is 0 Å². The van der Waals surface area contributed by atoms with Crippen LogP contribution < -0.4 is 9.47 Å². The molecule has 1 atom stereocenters. The Hall–Kier alpha value is -1.51. The number of carbonyl (C=O) groups is 1. The van der Waals surface area contributed by atoms with E-state index in [1.165, 1.54) is 24.0 Å². The molecule has 1 aromatic carbocycles. The zero-order chi connectivity index (χ0) is 13.8. The third kappa shape index (κ3) is 2.60. The van der Waals surface area contributed by atoms with E-state index in [-0.39, 0.29) is 5.92 Å². The van der Waals surface area contributed by atoms with E-state index in [0.29, 0.717) is 6.42 Å². The van der Waals surface area contributed by atoms with Crippen molar-refractivity contribution in [3.05, 3.63) is 22.8 Å². The number of aldehydes is 1. The van der Waals surface area contributed by atoms with Gasteiger partial charge in [0, 0.05) is 23.1 Å². The Morgan fingerprint density at radius 1 is 1.21 bits per heavy atom. The molecule has 0 N–H and O–H groups in total. The fourth-order valence-corrected chi connectivity index (χ4v) is 2.96. The molecule has 3 nitrogen and oxygen atoms in total. The Bertz CT molecular complexity index is 466. The molecule has 0 aromatic heterocycles. The van der Waals surface area contributed by atoms with Gasteiger partial charge in [-0.15, -0.1) is 0 Å². The number of carbonyl (C=O) groups excluding carboxylic acids is 1. The molecule has 0 heterocycles. The maximum absolute atomic E-state index is 10.8. The maximum atomic E-state index is 10.8. The molecule has 0 amide bonds. The normalized spacial score (nSPS) is 15.5. The lowest BCUT2D eigenvalue weighted by atomic mass is 9.85. The minimum atomic E-state index is 0.161. The molecule has 0 fully saturated rings. The van der Waals surface area contributed by atoms with Crippen molar-refractivity contribution in [3.63, 3.8) is 0 Å². The van der Waals surface area contributed by atoms with Crippen LogP contribution in [0, 0.1) is 0 Å². The standard InChI is InChI=1S/C16H22O3/c1-11(8-9-17)14-10-15(18-2)12-6-4-5-7-13(12)16(14)19-3/h9-11H,4-8H2,1-3H3. The molecular formula is C16H22O3. The highest BCUT2D eigenvalue weighted by atomic mass is 16.5. The Labute approximate surface area is 114 Å². The Kier molecular flexibility index (Phi) is 4.46. The summed E-state index contributed by atoms with van der Waals surface area (Å²) in [6.45, 7) is 2.06. The second-order valence-electron chi connectivity index (χ2n) is 5.17. The van der Waals surface area contributed by atoms with Gasteiger partial charge in [0.15, 0.2) is 0 Å². The van der Waals surface area contributed by atoms with Gasteiger partial charge in [-0.2, -0.15) is 0 Å². The summed E-state index contributed by atoms with van der Waals surface area (Å²) in [5.74, 6) is 2.07. The van der Waals surface area contributed by atoms with Gasteiger partial charge >= 0.3 is 0 Å². The summed E-state index contributed by atoms with van der Waals surface area (Å²) < 4.78 is 11.2. The fourth-order valence-electron chi connectivity index (χ4n) is 2.96. The molecule has 19 heavy (non-hydrogen) atoms. The monoisotopic (exact) mass is 262 g/mol. The molecule has 3 heteroatoms. The predicted molar refractivity (Wildman–Crippen MR) is 75.3 cm³/mol. The molecule has 0 bridgehead atoms. The molecule has 0 saturated heterocycles. The van der Waals surface area contributed by atoms with E-state index in [4.69, 9.17) is 9.47 Å². The van der Waals surface area contributed by atoms with Gasteiger partial charge in [0.2, 0.25) is 0 Å². The second kappa shape index (κ2) is 6.09. The fraction of sp³-hybridized carbons (Fsp3) is 0.562. The van der Waals surface area contributed by atoms with Crippen LogP contribution in [0.1, 0.15) is 48.8 Å². The minimum Gasteiger partial charge on any atom is -0.496 e. The lowest BCUT2D eigenvalue weighted by molar-refractivity contribution is -0.108. The molecule has 0 aliphatic heterocycles. The maximum Gasteiger partial charge on any atom is 0.126 e. The number of hydrogen-bond donors (Lipinski definition) is 0. The second-order valence-corrected chi connectivity index (χ2v) is 5.17. The lowest BCUT2D eigenvalue weighted by Crippen LogP contribution is -2.10. The zero-order valence-electron chi connectivity index (χ0n) is 12.0. The quantitative estimate of drug-likeness (QED) is 0.764. The molecular weight excluding hydrogens is 240 g/mol. The topological polar surface area (TPSA) is 35.5 Å². The van der Waals surface area contributed by atoms with Crippen LogP contribution in [-0.4, -0.2) is 20.5 Å². The highest BCUT2D eigenvalue weighted by Crippen LogP contribution is 2.42. The number of methoxy groups -OCH3 is 2. The van der Waals surface area contributed by atoms with Crippen molar-refractivity contribution in [2.24, 2.45) is 0 Å². The average molecular weight is 262 g/mol. The van der Waals surface area contributed by atoms with Gasteiger partial charge in [-0.05, 0) is 37.7 Å². The van der Waals surface area contributed by atoms with Crippen molar-refractivity contribution in [3.8, 4) is 11.5 Å². The number of ether oxygens (including phenoxy) is 2. The van der Waals surface area contributed by atoms with Gasteiger partial charge in [-0.1, -0.05) is 6.92 Å². The molecule has 104 valence electrons. The molecule has 0 spiro atoms. The molecule has 1 aromatic rings. The van der Waals surface area contributed by atoms with Gasteiger partial charge in [-0.3, -0.25) is 0 Å². The van der Waals surface area contributed by atoms with Crippen LogP contribution in [0.3, 0.4) is 0 Å². The predicted octanol–water partition coefficient (Wildman–Crippen LogP) is 3.28. The third-order valence-corrected chi connectivity index (χ3v) is 3.99. The van der Waals surface area contributed by atoms with Crippen LogP contribution in [0.2, 0.25) is 0 Å². The Balaban J connectivity index is 2.56. The summed E-state index contributed by atoms with van der Waals surface area (Å²) in [5, 5.41) is 0. The van der Waals surface area contributed by atoms with E-state index < -0.39 is 0 Å². The van der Waals surface area contributed by atoms with Gasteiger partial charge < -0.3 is 14.3 Å². The third-order valence-electron chi connectivity index (χ3n) is 3.99. The molecule has 1 aliphatic rings. The van der Waals surface area contributed by atoms with Crippen LogP contribution in [-0.2, 0) is 17.6 Å². The van der Waals surface area contributed by atoms with E-state index in [1.54, 1.807) is 14.2 Å². The number of rotatable bonds is 5. The summed E-state index contributed by atoms with van der Waals surface area (Å²) in [5.41, 5.74) is 3.65. The molecule has 0 saturated carbocycles. The van der Waals surface area contributed by atoms with E-state index in [9.17, 15) is 4.79 Å². The first-order chi connectivity index (χ1) is 9.22. The first kappa shape index (κ1) is 13.9. The first-order valence-electron chi connectivity index (χ1n) is 6.93. The van der Waals surface area contributed by atoms with Gasteiger partial charge in [0.05, 0.1) is 14.2 Å². The molecule has 1 unspecified atom stereocenters. The average Bonchev–Trinajstić information content (AvgIpc) is 2.45. The van der Waals surface area contributed by atoms with Crippen LogP contribution in [0.15, 0.2) is 6.07 Å². The summed E-state index contributed by atoms with van der Waals surface area (Å²) in [6, 6.07) is 2.05. The van der Waals surface area contributed by atoms with Crippen molar-refractivity contribution in [1.29, 1.82) is 0 Å². The molecule has 0 radical (unpaired) electrons. The SMILES string of the molecule is COc1cc(C(C)CC=O)c(OC)c2c1CCCC2. The minimum absolute atomic E-state index is 0.161. The van der Waals surface area contributed by atoms with Crippen molar-refractivity contribution >= 4 is 6.29 Å². The van der Waals surface area contributed by atoms with Crippen LogP contribution in [0.25, 0.3) is 0 Å². The summed E-state index contributed by atoms with van der Waals surface area (Å²) in [6.07, 6.45) is 5.97. The number of benzene rings is 1. The van der Waals surface area contributed by atoms with Crippen LogP contribution in [0.4, 0.5) is 0 Å². The number of fused-ring (bicyclic) bond motifs is 1. The molecule has 1 aliphatic carbocycles. The van der Waals surface area contributed by atoms with Crippen LogP contribution >= 0.6 is 0 Å². The largest absolute Gasteiger partial charge is 0.496 e. The van der Waals surface area contributed by atoms with E-state index in [2.05, 4.69) is 13.0 Å². The Morgan fingerprint density at radius 3 is 2.47 bits per heavy atom. The van der Waals surface area contributed by atoms with E-state index in [0.717, 1.165) is 36.2 Å². The highest BCUT2D eigenvalue weighted by molar-refractivity contribution is 5.58. The van der Waals surface area contributed by atoms with Crippen molar-refractivity contribution < 1.29 is 14.3 Å². The Morgan fingerprint density at radius 2 is 1.89 bits per heavy atom. The van der Waals surface area contributed by atoms with Gasteiger partial charge in [-0.25, -0.2) is 0 Å². The van der Waals surface area contributed by atoms with E-state index >= 15 is 0 Å². The van der Waals surface area contributed by atoms with Crippen molar-refractivity contribution in [2.75, 3.05) is 14.2 Å². The highest BCUT2D eigenvalue weighted by Gasteiger charge is 2.23. The van der Waals surface area contributed by atoms with Crippen molar-refractivity contribution in [1.82, 2.24) is 0 Å². The summed E-state index contributed by atoms with van der Waals surface area (Å²) in [4.78, 5) is 10.8.